The second kappa shape index (κ2) is 7.61. The van der Waals surface area contributed by atoms with Gasteiger partial charge in [0.1, 0.15) is 0 Å². The van der Waals surface area contributed by atoms with Crippen LogP contribution in [0.2, 0.25) is 0 Å². The normalized spacial score (nSPS) is 10.8. The van der Waals surface area contributed by atoms with E-state index >= 15 is 0 Å². The number of para-hydroxylation sites is 1. The number of rotatable bonds is 6. The van der Waals surface area contributed by atoms with Gasteiger partial charge in [0.05, 0.1) is 22.3 Å². The molecule has 6 heteroatoms. The van der Waals surface area contributed by atoms with Crippen LogP contribution in [0.1, 0.15) is 17.0 Å². The van der Waals surface area contributed by atoms with Crippen molar-refractivity contribution in [2.24, 2.45) is 0 Å². The number of benzene rings is 2. The minimum Gasteiger partial charge on any atom is -0.494 e. The Balaban J connectivity index is 1.57. The van der Waals surface area contributed by atoms with E-state index in [0.717, 1.165) is 20.8 Å². The summed E-state index contributed by atoms with van der Waals surface area (Å²) in [4.78, 5) is 18.5. The van der Waals surface area contributed by atoms with Gasteiger partial charge in [0.25, 0.3) is 0 Å². The van der Waals surface area contributed by atoms with Crippen molar-refractivity contribution in [3.05, 3.63) is 58.9 Å². The largest absolute Gasteiger partial charge is 0.494 e. The van der Waals surface area contributed by atoms with Crippen LogP contribution in [0.25, 0.3) is 10.2 Å². The Morgan fingerprint density at radius 2 is 2.08 bits per heavy atom. The molecule has 0 spiro atoms. The Bertz CT molecular complexity index is 861. The van der Waals surface area contributed by atoms with Gasteiger partial charge in [-0.25, -0.2) is 9.37 Å². The Hall–Kier alpha value is -2.47. The highest BCUT2D eigenvalue weighted by atomic mass is 32.1. The van der Waals surface area contributed by atoms with Gasteiger partial charge in [0.15, 0.2) is 11.6 Å². The topological polar surface area (TPSA) is 42.4 Å². The predicted octanol–water partition coefficient (Wildman–Crippen LogP) is 4.04. The fraction of sp³-hybridized carbons (Fsp3) is 0.263. The molecule has 0 fully saturated rings. The molecule has 25 heavy (non-hydrogen) atoms. The van der Waals surface area contributed by atoms with Crippen LogP contribution in [0.5, 0.6) is 5.75 Å². The number of aromatic nitrogens is 1. The number of halogens is 1. The van der Waals surface area contributed by atoms with E-state index in [4.69, 9.17) is 4.74 Å². The molecule has 0 bridgehead atoms. The number of hydrogen-bond donors (Lipinski definition) is 0. The van der Waals surface area contributed by atoms with Crippen molar-refractivity contribution in [3.8, 4) is 5.75 Å². The first-order valence-corrected chi connectivity index (χ1v) is 8.79. The lowest BCUT2D eigenvalue weighted by atomic mass is 10.2. The van der Waals surface area contributed by atoms with Gasteiger partial charge < -0.3 is 9.64 Å². The molecule has 130 valence electrons. The van der Waals surface area contributed by atoms with E-state index in [1.807, 2.05) is 24.3 Å². The molecule has 0 saturated carbocycles. The highest BCUT2D eigenvalue weighted by Gasteiger charge is 2.13. The molecule has 1 aromatic heterocycles. The minimum atomic E-state index is -0.421. The number of methoxy groups -OCH3 is 1. The number of ether oxygens (including phenoxy) is 1. The Kier molecular flexibility index (Phi) is 5.28. The number of thiazole rings is 1. The van der Waals surface area contributed by atoms with Crippen LogP contribution in [-0.4, -0.2) is 29.9 Å². The zero-order valence-corrected chi connectivity index (χ0v) is 15.0. The van der Waals surface area contributed by atoms with E-state index in [0.29, 0.717) is 19.4 Å². The van der Waals surface area contributed by atoms with Crippen LogP contribution >= 0.6 is 11.3 Å². The molecular weight excluding hydrogens is 339 g/mol. The number of fused-ring (bicyclic) bond motifs is 1. The third-order valence-electron chi connectivity index (χ3n) is 3.95. The van der Waals surface area contributed by atoms with Crippen molar-refractivity contribution in [1.29, 1.82) is 0 Å². The Morgan fingerprint density at radius 1 is 1.28 bits per heavy atom. The van der Waals surface area contributed by atoms with Crippen molar-refractivity contribution >= 4 is 27.5 Å². The van der Waals surface area contributed by atoms with Crippen LogP contribution in [0.15, 0.2) is 42.5 Å². The number of hydrogen-bond acceptors (Lipinski definition) is 4. The molecule has 0 radical (unpaired) electrons. The van der Waals surface area contributed by atoms with Crippen molar-refractivity contribution < 1.29 is 13.9 Å². The summed E-state index contributed by atoms with van der Waals surface area (Å²) < 4.78 is 19.8. The number of amides is 1. The lowest BCUT2D eigenvalue weighted by Crippen LogP contribution is -2.26. The van der Waals surface area contributed by atoms with Crippen LogP contribution < -0.4 is 4.74 Å². The maximum atomic E-state index is 13.7. The molecular formula is C19H19FN2O2S. The summed E-state index contributed by atoms with van der Waals surface area (Å²) in [5.41, 5.74) is 1.70. The van der Waals surface area contributed by atoms with Gasteiger partial charge in [-0.3, -0.25) is 4.79 Å². The number of nitrogens with zero attached hydrogens (tertiary/aromatic N) is 2. The van der Waals surface area contributed by atoms with Crippen LogP contribution in [0.3, 0.4) is 0 Å². The molecule has 0 aliphatic heterocycles. The van der Waals surface area contributed by atoms with E-state index < -0.39 is 5.82 Å². The smallest absolute Gasteiger partial charge is 0.223 e. The van der Waals surface area contributed by atoms with Gasteiger partial charge in [-0.1, -0.05) is 18.2 Å². The van der Waals surface area contributed by atoms with Gasteiger partial charge in [0, 0.05) is 26.4 Å². The Labute approximate surface area is 149 Å². The second-order valence-corrected chi connectivity index (χ2v) is 6.91. The van der Waals surface area contributed by atoms with Gasteiger partial charge in [0.2, 0.25) is 5.91 Å². The van der Waals surface area contributed by atoms with Gasteiger partial charge in [-0.15, -0.1) is 11.3 Å². The number of carbonyl (C=O) groups excluding carboxylic acids is 1. The zero-order valence-electron chi connectivity index (χ0n) is 14.2. The van der Waals surface area contributed by atoms with Crippen LogP contribution in [0, 0.1) is 5.82 Å². The summed E-state index contributed by atoms with van der Waals surface area (Å²) in [5, 5.41) is 0.957. The molecule has 3 rings (SSSR count). The van der Waals surface area contributed by atoms with Gasteiger partial charge in [-0.05, 0) is 29.8 Å². The van der Waals surface area contributed by atoms with Crippen molar-refractivity contribution in [3.63, 3.8) is 0 Å². The summed E-state index contributed by atoms with van der Waals surface area (Å²) in [7, 11) is 3.15. The maximum absolute atomic E-state index is 13.7. The number of aryl methyl sites for hydroxylation is 1. The molecule has 0 aliphatic carbocycles. The summed E-state index contributed by atoms with van der Waals surface area (Å²) in [5.74, 6) is -0.209. The van der Waals surface area contributed by atoms with Gasteiger partial charge >= 0.3 is 0 Å². The first-order chi connectivity index (χ1) is 12.1. The highest BCUT2D eigenvalue weighted by molar-refractivity contribution is 7.18. The van der Waals surface area contributed by atoms with Crippen molar-refractivity contribution in [2.45, 2.75) is 19.4 Å². The molecule has 0 unspecified atom stereocenters. The van der Waals surface area contributed by atoms with Crippen LogP contribution in [-0.2, 0) is 17.8 Å². The first-order valence-electron chi connectivity index (χ1n) is 7.97. The maximum Gasteiger partial charge on any atom is 0.223 e. The third kappa shape index (κ3) is 4.14. The van der Waals surface area contributed by atoms with Crippen molar-refractivity contribution in [2.75, 3.05) is 14.2 Å². The molecule has 0 atom stereocenters. The molecule has 4 nitrogen and oxygen atoms in total. The SMILES string of the molecule is COc1ccc(CN(C)C(=O)CCc2nc3ccccc3s2)cc1F. The average Bonchev–Trinajstić information content (AvgIpc) is 3.02. The lowest BCUT2D eigenvalue weighted by molar-refractivity contribution is -0.130. The van der Waals surface area contributed by atoms with E-state index in [1.54, 1.807) is 35.4 Å². The van der Waals surface area contributed by atoms with E-state index in [-0.39, 0.29) is 11.7 Å². The molecule has 0 aliphatic rings. The second-order valence-electron chi connectivity index (χ2n) is 5.79. The molecule has 3 aromatic rings. The molecule has 1 amide bonds. The molecule has 0 saturated heterocycles. The first kappa shape index (κ1) is 17.4. The summed E-state index contributed by atoms with van der Waals surface area (Å²) in [6.45, 7) is 0.361. The molecule has 1 heterocycles. The zero-order chi connectivity index (χ0) is 17.8. The predicted molar refractivity (Wildman–Crippen MR) is 97.4 cm³/mol. The monoisotopic (exact) mass is 358 g/mol. The minimum absolute atomic E-state index is 0.00971. The lowest BCUT2D eigenvalue weighted by Gasteiger charge is -2.17. The van der Waals surface area contributed by atoms with E-state index in [1.165, 1.54) is 13.2 Å². The molecule has 2 aromatic carbocycles. The fourth-order valence-corrected chi connectivity index (χ4v) is 3.57. The summed E-state index contributed by atoms with van der Waals surface area (Å²) in [6, 6.07) is 12.7. The Morgan fingerprint density at radius 3 is 2.80 bits per heavy atom. The molecule has 0 N–H and O–H groups in total. The summed E-state index contributed by atoms with van der Waals surface area (Å²) >= 11 is 1.62. The van der Waals surface area contributed by atoms with E-state index in [9.17, 15) is 9.18 Å². The quantitative estimate of drug-likeness (QED) is 0.668. The van der Waals surface area contributed by atoms with Crippen molar-refractivity contribution in [1.82, 2.24) is 9.88 Å². The standard InChI is InChI=1S/C19H19FN2O2S/c1-22(12-13-7-8-16(24-2)14(20)11-13)19(23)10-9-18-21-15-5-3-4-6-17(15)25-18/h3-8,11H,9-10,12H2,1-2H3. The highest BCUT2D eigenvalue weighted by Crippen LogP contribution is 2.23. The average molecular weight is 358 g/mol. The van der Waals surface area contributed by atoms with Crippen LogP contribution in [0.4, 0.5) is 4.39 Å². The third-order valence-corrected chi connectivity index (χ3v) is 5.05. The number of carbonyl (C=O) groups is 1. The van der Waals surface area contributed by atoms with Gasteiger partial charge in [-0.2, -0.15) is 0 Å². The summed E-state index contributed by atoms with van der Waals surface area (Å²) in [6.07, 6.45) is 0.994. The van der Waals surface area contributed by atoms with E-state index in [2.05, 4.69) is 4.98 Å². The fourth-order valence-electron chi connectivity index (χ4n) is 2.60.